The van der Waals surface area contributed by atoms with E-state index in [0.717, 1.165) is 17.8 Å². The van der Waals surface area contributed by atoms with E-state index in [4.69, 9.17) is 9.47 Å². The molecule has 0 atom stereocenters. The quantitative estimate of drug-likeness (QED) is 0.812. The standard InChI is InChI=1S/C19H18F3N3O3/c20-13-1-2-14(17(22)16(13)21)24-18(26)15-11-12(3-6-23-15)25-7-4-19(5-8-25)27-9-10-28-19/h1-3,6,11H,4-5,7-10H2,(H,24,26). The Morgan fingerprint density at radius 2 is 1.79 bits per heavy atom. The zero-order valence-electron chi connectivity index (χ0n) is 14.9. The molecule has 1 N–H and O–H groups in total. The van der Waals surface area contributed by atoms with Crippen LogP contribution in [0.25, 0.3) is 0 Å². The van der Waals surface area contributed by atoms with Crippen LogP contribution in [0.5, 0.6) is 0 Å². The van der Waals surface area contributed by atoms with Gasteiger partial charge < -0.3 is 19.7 Å². The van der Waals surface area contributed by atoms with Crippen LogP contribution in [0.1, 0.15) is 23.3 Å². The first-order valence-corrected chi connectivity index (χ1v) is 8.91. The number of nitrogens with zero attached hydrogens (tertiary/aromatic N) is 2. The van der Waals surface area contributed by atoms with Crippen molar-refractivity contribution in [2.24, 2.45) is 0 Å². The summed E-state index contributed by atoms with van der Waals surface area (Å²) in [4.78, 5) is 18.5. The number of carbonyl (C=O) groups is 1. The van der Waals surface area contributed by atoms with Crippen LogP contribution in [0, 0.1) is 17.5 Å². The molecular formula is C19H18F3N3O3. The number of carbonyl (C=O) groups excluding carboxylic acids is 1. The van der Waals surface area contributed by atoms with Crippen molar-refractivity contribution in [1.29, 1.82) is 0 Å². The summed E-state index contributed by atoms with van der Waals surface area (Å²) < 4.78 is 51.5. The van der Waals surface area contributed by atoms with E-state index in [1.54, 1.807) is 12.1 Å². The Morgan fingerprint density at radius 1 is 1.07 bits per heavy atom. The van der Waals surface area contributed by atoms with E-state index in [9.17, 15) is 18.0 Å². The highest BCUT2D eigenvalue weighted by Gasteiger charge is 2.39. The number of aromatic nitrogens is 1. The number of piperidine rings is 1. The van der Waals surface area contributed by atoms with Crippen LogP contribution in [0.4, 0.5) is 24.5 Å². The summed E-state index contributed by atoms with van der Waals surface area (Å²) in [5.41, 5.74) is 0.362. The molecule has 28 heavy (non-hydrogen) atoms. The first-order chi connectivity index (χ1) is 13.5. The fourth-order valence-corrected chi connectivity index (χ4v) is 3.44. The fraction of sp³-hybridized carbons (Fsp3) is 0.368. The third-order valence-corrected chi connectivity index (χ3v) is 4.96. The lowest BCUT2D eigenvalue weighted by molar-refractivity contribution is -0.169. The largest absolute Gasteiger partial charge is 0.371 e. The predicted octanol–water partition coefficient (Wildman–Crippen LogP) is 3.09. The number of ether oxygens (including phenoxy) is 2. The maximum atomic E-state index is 13.8. The maximum Gasteiger partial charge on any atom is 0.274 e. The summed E-state index contributed by atoms with van der Waals surface area (Å²) in [5, 5.41) is 2.22. The van der Waals surface area contributed by atoms with Crippen molar-refractivity contribution in [2.75, 3.05) is 36.5 Å². The van der Waals surface area contributed by atoms with E-state index < -0.39 is 34.8 Å². The van der Waals surface area contributed by atoms with Gasteiger partial charge in [-0.25, -0.2) is 13.2 Å². The van der Waals surface area contributed by atoms with Crippen molar-refractivity contribution in [1.82, 2.24) is 4.98 Å². The van der Waals surface area contributed by atoms with Crippen LogP contribution in [0.3, 0.4) is 0 Å². The number of benzene rings is 1. The molecule has 6 nitrogen and oxygen atoms in total. The molecule has 0 aliphatic carbocycles. The molecule has 0 radical (unpaired) electrons. The normalized spacial score (nSPS) is 18.5. The van der Waals surface area contributed by atoms with E-state index in [1.165, 1.54) is 6.20 Å². The Kier molecular flexibility index (Phi) is 4.94. The molecule has 0 saturated carbocycles. The first-order valence-electron chi connectivity index (χ1n) is 8.91. The van der Waals surface area contributed by atoms with Crippen molar-refractivity contribution in [3.63, 3.8) is 0 Å². The van der Waals surface area contributed by atoms with Gasteiger partial charge in [0.2, 0.25) is 0 Å². The molecule has 2 saturated heterocycles. The summed E-state index contributed by atoms with van der Waals surface area (Å²) in [6, 6.07) is 5.04. The third-order valence-electron chi connectivity index (χ3n) is 4.96. The summed E-state index contributed by atoms with van der Waals surface area (Å²) in [7, 11) is 0. The van der Waals surface area contributed by atoms with Gasteiger partial charge in [0.15, 0.2) is 23.2 Å². The number of halogens is 3. The molecule has 1 amide bonds. The van der Waals surface area contributed by atoms with E-state index in [1.807, 2.05) is 0 Å². The molecule has 0 unspecified atom stereocenters. The number of amides is 1. The Morgan fingerprint density at radius 3 is 2.50 bits per heavy atom. The van der Waals surface area contributed by atoms with Gasteiger partial charge in [-0.1, -0.05) is 0 Å². The molecule has 9 heteroatoms. The second-order valence-electron chi connectivity index (χ2n) is 6.67. The minimum Gasteiger partial charge on any atom is -0.371 e. The van der Waals surface area contributed by atoms with E-state index >= 15 is 0 Å². The second-order valence-corrected chi connectivity index (χ2v) is 6.67. The lowest BCUT2D eigenvalue weighted by atomic mass is 10.0. The molecule has 1 spiro atoms. The van der Waals surface area contributed by atoms with Crippen LogP contribution in [-0.4, -0.2) is 43.0 Å². The average Bonchev–Trinajstić information content (AvgIpc) is 3.17. The number of nitrogens with one attached hydrogen (secondary N) is 1. The van der Waals surface area contributed by atoms with Gasteiger partial charge in [0.25, 0.3) is 5.91 Å². The van der Waals surface area contributed by atoms with Gasteiger partial charge in [0.05, 0.1) is 18.9 Å². The molecule has 2 fully saturated rings. The average molecular weight is 393 g/mol. The molecule has 2 aromatic rings. The zero-order chi connectivity index (χ0) is 19.7. The van der Waals surface area contributed by atoms with Crippen LogP contribution in [0.15, 0.2) is 30.5 Å². The Labute approximate surface area is 159 Å². The van der Waals surface area contributed by atoms with E-state index in [2.05, 4.69) is 15.2 Å². The maximum absolute atomic E-state index is 13.8. The lowest BCUT2D eigenvalue weighted by Gasteiger charge is -2.38. The minimum absolute atomic E-state index is 0.0373. The number of hydrogen-bond donors (Lipinski definition) is 1. The molecule has 2 aliphatic heterocycles. The molecule has 1 aromatic heterocycles. The smallest absolute Gasteiger partial charge is 0.274 e. The van der Waals surface area contributed by atoms with Crippen LogP contribution in [-0.2, 0) is 9.47 Å². The van der Waals surface area contributed by atoms with Crippen molar-refractivity contribution < 1.29 is 27.4 Å². The lowest BCUT2D eigenvalue weighted by Crippen LogP contribution is -2.45. The molecular weight excluding hydrogens is 375 g/mol. The fourth-order valence-electron chi connectivity index (χ4n) is 3.44. The van der Waals surface area contributed by atoms with E-state index in [0.29, 0.717) is 39.1 Å². The Hall–Kier alpha value is -2.65. The summed E-state index contributed by atoms with van der Waals surface area (Å²) >= 11 is 0. The molecule has 3 heterocycles. The van der Waals surface area contributed by atoms with E-state index in [-0.39, 0.29) is 5.69 Å². The van der Waals surface area contributed by atoms with Crippen molar-refractivity contribution in [3.05, 3.63) is 53.6 Å². The highest BCUT2D eigenvalue weighted by Crippen LogP contribution is 2.33. The number of rotatable bonds is 3. The molecule has 1 aromatic carbocycles. The number of anilines is 2. The molecule has 4 rings (SSSR count). The third kappa shape index (κ3) is 3.55. The van der Waals surface area contributed by atoms with Crippen LogP contribution < -0.4 is 10.2 Å². The highest BCUT2D eigenvalue weighted by atomic mass is 19.2. The predicted molar refractivity (Wildman–Crippen MR) is 94.6 cm³/mol. The number of hydrogen-bond acceptors (Lipinski definition) is 5. The molecule has 0 bridgehead atoms. The van der Waals surface area contributed by atoms with Gasteiger partial charge in [-0.3, -0.25) is 9.78 Å². The van der Waals surface area contributed by atoms with Crippen molar-refractivity contribution in [3.8, 4) is 0 Å². The van der Waals surface area contributed by atoms with Gasteiger partial charge in [0, 0.05) is 37.8 Å². The van der Waals surface area contributed by atoms with Crippen molar-refractivity contribution in [2.45, 2.75) is 18.6 Å². The Balaban J connectivity index is 1.46. The van der Waals surface area contributed by atoms with Crippen LogP contribution >= 0.6 is 0 Å². The zero-order valence-corrected chi connectivity index (χ0v) is 14.9. The summed E-state index contributed by atoms with van der Waals surface area (Å²) in [5.74, 6) is -5.65. The minimum atomic E-state index is -1.64. The Bertz CT molecular complexity index is 893. The monoisotopic (exact) mass is 393 g/mol. The van der Waals surface area contributed by atoms with Gasteiger partial charge in [-0.2, -0.15) is 0 Å². The second kappa shape index (κ2) is 7.40. The van der Waals surface area contributed by atoms with Gasteiger partial charge in [-0.15, -0.1) is 0 Å². The SMILES string of the molecule is O=C(Nc1ccc(F)c(F)c1F)c1cc(N2CCC3(CC2)OCCO3)ccn1. The highest BCUT2D eigenvalue weighted by molar-refractivity contribution is 6.03. The van der Waals surface area contributed by atoms with Crippen molar-refractivity contribution >= 4 is 17.3 Å². The molecule has 148 valence electrons. The van der Waals surface area contributed by atoms with Gasteiger partial charge >= 0.3 is 0 Å². The van der Waals surface area contributed by atoms with Gasteiger partial charge in [0.1, 0.15) is 5.69 Å². The topological polar surface area (TPSA) is 63.7 Å². The summed E-state index contributed by atoms with van der Waals surface area (Å²) in [6.07, 6.45) is 2.88. The molecule has 2 aliphatic rings. The summed E-state index contributed by atoms with van der Waals surface area (Å²) in [6.45, 7) is 2.56. The number of pyridine rings is 1. The van der Waals surface area contributed by atoms with Gasteiger partial charge in [-0.05, 0) is 24.3 Å². The first kappa shape index (κ1) is 18.7. The van der Waals surface area contributed by atoms with Crippen LogP contribution in [0.2, 0.25) is 0 Å².